The molecular formula is C28H31IN2O3. The number of carbonyl (C=O) groups is 2. The topological polar surface area (TPSA) is 58.6 Å². The highest BCUT2D eigenvalue weighted by Crippen LogP contribution is 2.18. The van der Waals surface area contributed by atoms with Gasteiger partial charge in [0.05, 0.1) is 0 Å². The van der Waals surface area contributed by atoms with Gasteiger partial charge in [-0.1, -0.05) is 54.6 Å². The van der Waals surface area contributed by atoms with Crippen LogP contribution < -0.4 is 10.1 Å². The molecule has 0 saturated heterocycles. The number of amides is 2. The molecule has 1 unspecified atom stereocenters. The number of hydrogen-bond acceptors (Lipinski definition) is 3. The van der Waals surface area contributed by atoms with Gasteiger partial charge in [-0.25, -0.2) is 0 Å². The molecule has 3 rings (SSSR count). The van der Waals surface area contributed by atoms with E-state index in [-0.39, 0.29) is 24.5 Å². The van der Waals surface area contributed by atoms with Crippen LogP contribution in [0.2, 0.25) is 0 Å². The molecule has 2 amide bonds. The van der Waals surface area contributed by atoms with Crippen molar-refractivity contribution in [3.63, 3.8) is 0 Å². The number of carbonyl (C=O) groups excluding carboxylic acids is 2. The molecule has 1 N–H and O–H groups in total. The highest BCUT2D eigenvalue weighted by Gasteiger charge is 2.31. The van der Waals surface area contributed by atoms with Gasteiger partial charge in [-0.05, 0) is 84.3 Å². The van der Waals surface area contributed by atoms with Gasteiger partial charge in [-0.3, -0.25) is 9.59 Å². The van der Waals surface area contributed by atoms with Gasteiger partial charge in [0.25, 0.3) is 5.91 Å². The van der Waals surface area contributed by atoms with Crippen molar-refractivity contribution in [3.8, 4) is 5.75 Å². The van der Waals surface area contributed by atoms with Crippen LogP contribution in [0.25, 0.3) is 0 Å². The van der Waals surface area contributed by atoms with Crippen LogP contribution in [-0.2, 0) is 22.6 Å². The van der Waals surface area contributed by atoms with E-state index in [9.17, 15) is 9.59 Å². The molecule has 0 spiro atoms. The van der Waals surface area contributed by atoms with E-state index < -0.39 is 6.04 Å². The van der Waals surface area contributed by atoms with Gasteiger partial charge in [0.2, 0.25) is 5.91 Å². The maximum absolute atomic E-state index is 13.5. The summed E-state index contributed by atoms with van der Waals surface area (Å²) < 4.78 is 6.90. The summed E-state index contributed by atoms with van der Waals surface area (Å²) in [6, 6.07) is 24.6. The van der Waals surface area contributed by atoms with Crippen molar-refractivity contribution in [3.05, 3.63) is 99.1 Å². The minimum absolute atomic E-state index is 0.0378. The van der Waals surface area contributed by atoms with Crippen LogP contribution in [0.5, 0.6) is 5.75 Å². The lowest BCUT2D eigenvalue weighted by molar-refractivity contribution is -0.143. The molecule has 0 bridgehead atoms. The van der Waals surface area contributed by atoms with Gasteiger partial charge in [0.15, 0.2) is 6.61 Å². The highest BCUT2D eigenvalue weighted by molar-refractivity contribution is 14.1. The lowest BCUT2D eigenvalue weighted by Gasteiger charge is -2.32. The number of aryl methyl sites for hydroxylation is 1. The average molecular weight is 570 g/mol. The van der Waals surface area contributed by atoms with E-state index in [2.05, 4.69) is 27.9 Å². The van der Waals surface area contributed by atoms with Crippen LogP contribution in [0, 0.1) is 10.5 Å². The zero-order chi connectivity index (χ0) is 24.5. The van der Waals surface area contributed by atoms with Crippen LogP contribution in [0.15, 0.2) is 78.9 Å². The first-order valence-electron chi connectivity index (χ1n) is 11.4. The number of rotatable bonds is 10. The predicted octanol–water partition coefficient (Wildman–Crippen LogP) is 5.14. The Morgan fingerprint density at radius 1 is 0.941 bits per heavy atom. The van der Waals surface area contributed by atoms with Crippen LogP contribution in [0.3, 0.4) is 0 Å². The molecule has 0 aliphatic rings. The Morgan fingerprint density at radius 3 is 2.24 bits per heavy atom. The Balaban J connectivity index is 1.91. The Hall–Kier alpha value is -2.87. The summed E-state index contributed by atoms with van der Waals surface area (Å²) in [5.41, 5.74) is 3.06. The molecule has 34 heavy (non-hydrogen) atoms. The summed E-state index contributed by atoms with van der Waals surface area (Å²) in [5.74, 6) is 0.215. The zero-order valence-corrected chi connectivity index (χ0v) is 22.0. The molecule has 0 fully saturated rings. The molecule has 3 aromatic carbocycles. The fraction of sp³-hybridized carbons (Fsp3) is 0.286. The third-order valence-corrected chi connectivity index (χ3v) is 6.20. The third kappa shape index (κ3) is 7.58. The van der Waals surface area contributed by atoms with Gasteiger partial charge >= 0.3 is 0 Å². The first-order chi connectivity index (χ1) is 16.3. The Labute approximate surface area is 215 Å². The summed E-state index contributed by atoms with van der Waals surface area (Å²) >= 11 is 2.22. The van der Waals surface area contributed by atoms with E-state index in [0.717, 1.165) is 20.3 Å². The Bertz CT molecular complexity index is 1080. The van der Waals surface area contributed by atoms with Gasteiger partial charge in [0.1, 0.15) is 11.8 Å². The molecular weight excluding hydrogens is 539 g/mol. The normalized spacial score (nSPS) is 11.7. The molecule has 3 aromatic rings. The molecule has 0 aliphatic carbocycles. The van der Waals surface area contributed by atoms with Crippen LogP contribution in [-0.4, -0.2) is 35.4 Å². The van der Waals surface area contributed by atoms with Gasteiger partial charge in [-0.2, -0.15) is 0 Å². The number of ether oxygens (including phenoxy) is 1. The molecule has 5 nitrogen and oxygen atoms in total. The zero-order valence-electron chi connectivity index (χ0n) is 19.8. The second kappa shape index (κ2) is 12.6. The van der Waals surface area contributed by atoms with E-state index in [0.29, 0.717) is 18.7 Å². The molecule has 0 aromatic heterocycles. The Morgan fingerprint density at radius 2 is 1.59 bits per heavy atom. The molecule has 178 valence electrons. The van der Waals surface area contributed by atoms with E-state index in [1.807, 2.05) is 99.6 Å². The monoisotopic (exact) mass is 570 g/mol. The van der Waals surface area contributed by atoms with Gasteiger partial charge in [-0.15, -0.1) is 0 Å². The fourth-order valence-electron chi connectivity index (χ4n) is 3.66. The predicted molar refractivity (Wildman–Crippen MR) is 144 cm³/mol. The van der Waals surface area contributed by atoms with E-state index in [1.165, 1.54) is 0 Å². The van der Waals surface area contributed by atoms with Crippen molar-refractivity contribution in [1.29, 1.82) is 0 Å². The minimum atomic E-state index is -0.669. The number of halogens is 1. The molecule has 0 saturated carbocycles. The summed E-state index contributed by atoms with van der Waals surface area (Å²) in [6.07, 6.45) is 0.417. The summed E-state index contributed by atoms with van der Waals surface area (Å²) in [4.78, 5) is 28.5. The van der Waals surface area contributed by atoms with Gasteiger partial charge < -0.3 is 15.0 Å². The van der Waals surface area contributed by atoms with Crippen molar-refractivity contribution in [2.24, 2.45) is 0 Å². The average Bonchev–Trinajstić information content (AvgIpc) is 2.82. The summed E-state index contributed by atoms with van der Waals surface area (Å²) in [5, 5.41) is 3.00. The molecule has 6 heteroatoms. The lowest BCUT2D eigenvalue weighted by atomic mass is 10.0. The maximum atomic E-state index is 13.5. The van der Waals surface area contributed by atoms with Crippen LogP contribution >= 0.6 is 22.6 Å². The molecule has 0 aliphatic heterocycles. The third-order valence-electron chi connectivity index (χ3n) is 5.48. The maximum Gasteiger partial charge on any atom is 0.261 e. The van der Waals surface area contributed by atoms with Crippen molar-refractivity contribution >= 4 is 34.4 Å². The number of nitrogens with zero attached hydrogens (tertiary/aromatic N) is 1. The smallest absolute Gasteiger partial charge is 0.261 e. The van der Waals surface area contributed by atoms with Crippen molar-refractivity contribution in [2.75, 3.05) is 6.61 Å². The van der Waals surface area contributed by atoms with E-state index in [1.54, 1.807) is 4.90 Å². The van der Waals surface area contributed by atoms with Gasteiger partial charge in [0, 0.05) is 22.6 Å². The van der Waals surface area contributed by atoms with Crippen molar-refractivity contribution < 1.29 is 14.3 Å². The Kier molecular flexibility index (Phi) is 9.51. The fourth-order valence-corrected chi connectivity index (χ4v) is 4.02. The largest absolute Gasteiger partial charge is 0.484 e. The standard InChI is InChI=1S/C28H31IN2O3/c1-20(2)30-28(33)26(17-22-10-5-4-6-11-22)31(18-23-12-8-7-9-21(23)3)27(32)19-34-25-15-13-24(29)14-16-25/h4-16,20,26H,17-19H2,1-3H3,(H,30,33). The summed E-state index contributed by atoms with van der Waals surface area (Å²) in [6.45, 7) is 6.04. The second-order valence-electron chi connectivity index (χ2n) is 8.56. The lowest BCUT2D eigenvalue weighted by Crippen LogP contribution is -2.52. The second-order valence-corrected chi connectivity index (χ2v) is 9.81. The first-order valence-corrected chi connectivity index (χ1v) is 12.5. The van der Waals surface area contributed by atoms with E-state index >= 15 is 0 Å². The number of nitrogens with one attached hydrogen (secondary N) is 1. The summed E-state index contributed by atoms with van der Waals surface area (Å²) in [7, 11) is 0. The van der Waals surface area contributed by atoms with Crippen LogP contribution in [0.4, 0.5) is 0 Å². The highest BCUT2D eigenvalue weighted by atomic mass is 127. The quantitative estimate of drug-likeness (QED) is 0.344. The SMILES string of the molecule is Cc1ccccc1CN(C(=O)COc1ccc(I)cc1)C(Cc1ccccc1)C(=O)NC(C)C. The molecule has 0 radical (unpaired) electrons. The number of hydrogen-bond donors (Lipinski definition) is 1. The molecule has 0 heterocycles. The van der Waals surface area contributed by atoms with E-state index in [4.69, 9.17) is 4.74 Å². The molecule has 1 atom stereocenters. The van der Waals surface area contributed by atoms with Crippen molar-refractivity contribution in [2.45, 2.75) is 45.8 Å². The minimum Gasteiger partial charge on any atom is -0.484 e. The van der Waals surface area contributed by atoms with Crippen molar-refractivity contribution in [1.82, 2.24) is 10.2 Å². The number of benzene rings is 3. The first kappa shape index (κ1) is 25.7. The van der Waals surface area contributed by atoms with Crippen LogP contribution in [0.1, 0.15) is 30.5 Å².